The molecule has 0 heterocycles. The van der Waals surface area contributed by atoms with Gasteiger partial charge >= 0.3 is 0 Å². The van der Waals surface area contributed by atoms with Crippen LogP contribution >= 0.6 is 0 Å². The van der Waals surface area contributed by atoms with E-state index in [9.17, 15) is 0 Å². The first-order chi connectivity index (χ1) is 6.39. The van der Waals surface area contributed by atoms with Gasteiger partial charge in [-0.2, -0.15) is 0 Å². The first kappa shape index (κ1) is 13.4. The maximum atomic E-state index is 3.65. The molecule has 82 valence electrons. The Balaban J connectivity index is 3.90. The average Bonchev–Trinajstić information content (AvgIpc) is 2.09. The first-order valence-electron chi connectivity index (χ1n) is 5.37. The Morgan fingerprint density at radius 3 is 2.36 bits per heavy atom. The van der Waals surface area contributed by atoms with Gasteiger partial charge in [-0.1, -0.05) is 45.6 Å². The molecular formula is C13H25N. The molecule has 0 rings (SSSR count). The van der Waals surface area contributed by atoms with E-state index >= 15 is 0 Å². The number of hydrogen-bond acceptors (Lipinski definition) is 1. The van der Waals surface area contributed by atoms with E-state index in [2.05, 4.69) is 52.3 Å². The molecule has 0 aromatic carbocycles. The zero-order valence-electron chi connectivity index (χ0n) is 10.4. The zero-order chi connectivity index (χ0) is 11.2. The van der Waals surface area contributed by atoms with Crippen molar-refractivity contribution in [2.24, 2.45) is 5.41 Å². The third-order valence-electron chi connectivity index (χ3n) is 2.84. The van der Waals surface area contributed by atoms with Gasteiger partial charge in [-0.15, -0.1) is 0 Å². The molecule has 1 heteroatoms. The van der Waals surface area contributed by atoms with Crippen LogP contribution in [0.2, 0.25) is 0 Å². The summed E-state index contributed by atoms with van der Waals surface area (Å²) >= 11 is 0. The van der Waals surface area contributed by atoms with Crippen molar-refractivity contribution in [2.75, 3.05) is 13.6 Å². The molecule has 0 saturated heterocycles. The van der Waals surface area contributed by atoms with Crippen LogP contribution in [0.25, 0.3) is 0 Å². The van der Waals surface area contributed by atoms with Gasteiger partial charge in [-0.25, -0.2) is 0 Å². The molecule has 0 amide bonds. The van der Waals surface area contributed by atoms with Gasteiger partial charge in [-0.3, -0.25) is 0 Å². The van der Waals surface area contributed by atoms with E-state index in [0.717, 1.165) is 13.0 Å². The molecule has 0 N–H and O–H groups in total. The molecule has 1 nitrogen and oxygen atoms in total. The summed E-state index contributed by atoms with van der Waals surface area (Å²) < 4.78 is 0. The Bertz CT molecular complexity index is 186. The lowest BCUT2D eigenvalue weighted by Gasteiger charge is -2.35. The van der Waals surface area contributed by atoms with Crippen LogP contribution in [-0.4, -0.2) is 24.5 Å². The molecule has 0 aromatic heterocycles. The highest BCUT2D eigenvalue weighted by Gasteiger charge is 2.22. The summed E-state index contributed by atoms with van der Waals surface area (Å²) in [5.41, 5.74) is 0.358. The van der Waals surface area contributed by atoms with Gasteiger partial charge in [-0.05, 0) is 25.8 Å². The van der Waals surface area contributed by atoms with Crippen LogP contribution in [0.4, 0.5) is 0 Å². The monoisotopic (exact) mass is 195 g/mol. The summed E-state index contributed by atoms with van der Waals surface area (Å²) in [4.78, 5) is 2.41. The zero-order valence-corrected chi connectivity index (χ0v) is 10.4. The lowest BCUT2D eigenvalue weighted by Crippen LogP contribution is -2.39. The van der Waals surface area contributed by atoms with Crippen LogP contribution in [0.15, 0.2) is 24.8 Å². The van der Waals surface area contributed by atoms with E-state index in [1.165, 1.54) is 0 Å². The second-order valence-electron chi connectivity index (χ2n) is 4.98. The van der Waals surface area contributed by atoms with Crippen LogP contribution in [-0.2, 0) is 0 Å². The molecule has 0 aliphatic carbocycles. The van der Waals surface area contributed by atoms with Crippen molar-refractivity contribution in [3.8, 4) is 0 Å². The van der Waals surface area contributed by atoms with Crippen molar-refractivity contribution >= 4 is 0 Å². The lowest BCUT2D eigenvalue weighted by atomic mass is 9.87. The molecule has 0 aromatic rings. The van der Waals surface area contributed by atoms with Crippen molar-refractivity contribution in [3.63, 3.8) is 0 Å². The fraction of sp³-hybridized carbons (Fsp3) is 0.692. The quantitative estimate of drug-likeness (QED) is 0.607. The summed E-state index contributed by atoms with van der Waals surface area (Å²) in [5.74, 6) is 0. The van der Waals surface area contributed by atoms with Crippen molar-refractivity contribution in [3.05, 3.63) is 24.8 Å². The third-order valence-corrected chi connectivity index (χ3v) is 2.84. The minimum atomic E-state index is 0.358. The molecule has 0 spiro atoms. The van der Waals surface area contributed by atoms with Crippen molar-refractivity contribution in [1.82, 2.24) is 4.90 Å². The number of nitrogens with zero attached hydrogens (tertiary/aromatic N) is 1. The Hall–Kier alpha value is -0.560. The van der Waals surface area contributed by atoms with Crippen LogP contribution in [0.5, 0.6) is 0 Å². The Morgan fingerprint density at radius 2 is 1.93 bits per heavy atom. The summed E-state index contributed by atoms with van der Waals surface area (Å²) in [7, 11) is 2.19. The molecule has 0 bridgehead atoms. The van der Waals surface area contributed by atoms with Gasteiger partial charge in [0.1, 0.15) is 0 Å². The van der Waals surface area contributed by atoms with E-state index in [1.54, 1.807) is 0 Å². The predicted molar refractivity (Wildman–Crippen MR) is 65.5 cm³/mol. The van der Waals surface area contributed by atoms with Crippen LogP contribution in [0.3, 0.4) is 0 Å². The molecule has 0 aliphatic rings. The minimum absolute atomic E-state index is 0.358. The maximum absolute atomic E-state index is 3.65. The lowest BCUT2D eigenvalue weighted by molar-refractivity contribution is 0.143. The Labute approximate surface area is 89.5 Å². The number of hydrogen-bond donors (Lipinski definition) is 0. The van der Waals surface area contributed by atoms with Crippen LogP contribution < -0.4 is 0 Å². The molecule has 1 atom stereocenters. The minimum Gasteiger partial charge on any atom is -0.303 e. The standard InChI is InChI=1S/C13H25N/c1-7-8-9-10-11-14(6)12(2)13(3,4)5/h7-9,12H,1,10-11H2,2-6H3/b9-8-. The smallest absolute Gasteiger partial charge is 0.0112 e. The van der Waals surface area contributed by atoms with E-state index in [4.69, 9.17) is 0 Å². The maximum Gasteiger partial charge on any atom is 0.0112 e. The molecule has 0 saturated carbocycles. The summed E-state index contributed by atoms with van der Waals surface area (Å²) in [6.45, 7) is 13.9. The highest BCUT2D eigenvalue weighted by Crippen LogP contribution is 2.22. The molecule has 14 heavy (non-hydrogen) atoms. The van der Waals surface area contributed by atoms with Crippen LogP contribution in [0.1, 0.15) is 34.1 Å². The van der Waals surface area contributed by atoms with E-state index in [-0.39, 0.29) is 0 Å². The molecule has 0 radical (unpaired) electrons. The SMILES string of the molecule is C=C/C=C\CCN(C)C(C)C(C)(C)C. The van der Waals surface area contributed by atoms with Gasteiger partial charge in [0.15, 0.2) is 0 Å². The normalized spacial score (nSPS) is 15.0. The Kier molecular flexibility index (Phi) is 5.78. The van der Waals surface area contributed by atoms with Crippen LogP contribution in [0, 0.1) is 5.41 Å². The van der Waals surface area contributed by atoms with Crippen molar-refractivity contribution < 1.29 is 0 Å². The first-order valence-corrected chi connectivity index (χ1v) is 5.37. The molecule has 0 aliphatic heterocycles. The Morgan fingerprint density at radius 1 is 1.36 bits per heavy atom. The van der Waals surface area contributed by atoms with Gasteiger partial charge in [0, 0.05) is 12.6 Å². The summed E-state index contributed by atoms with van der Waals surface area (Å²) in [6.07, 6.45) is 7.10. The van der Waals surface area contributed by atoms with Gasteiger partial charge in [0.2, 0.25) is 0 Å². The van der Waals surface area contributed by atoms with Crippen molar-refractivity contribution in [2.45, 2.75) is 40.2 Å². The van der Waals surface area contributed by atoms with E-state index in [0.29, 0.717) is 11.5 Å². The number of rotatable bonds is 5. The second-order valence-corrected chi connectivity index (χ2v) is 4.98. The summed E-state index contributed by atoms with van der Waals surface area (Å²) in [6, 6.07) is 0.611. The highest BCUT2D eigenvalue weighted by atomic mass is 15.1. The van der Waals surface area contributed by atoms with Gasteiger partial charge in [0.25, 0.3) is 0 Å². The average molecular weight is 195 g/mol. The summed E-state index contributed by atoms with van der Waals surface area (Å²) in [5, 5.41) is 0. The highest BCUT2D eigenvalue weighted by molar-refractivity contribution is 4.97. The predicted octanol–water partition coefficient (Wildman–Crippen LogP) is 3.49. The van der Waals surface area contributed by atoms with Crippen molar-refractivity contribution in [1.29, 1.82) is 0 Å². The third kappa shape index (κ3) is 5.23. The topological polar surface area (TPSA) is 3.24 Å². The molecule has 1 unspecified atom stereocenters. The fourth-order valence-corrected chi connectivity index (χ4v) is 1.33. The number of allylic oxidation sites excluding steroid dienone is 2. The van der Waals surface area contributed by atoms with E-state index < -0.39 is 0 Å². The molecule has 0 fully saturated rings. The largest absolute Gasteiger partial charge is 0.303 e. The second kappa shape index (κ2) is 6.02. The van der Waals surface area contributed by atoms with Gasteiger partial charge < -0.3 is 4.90 Å². The molecular weight excluding hydrogens is 170 g/mol. The van der Waals surface area contributed by atoms with Gasteiger partial charge in [0.05, 0.1) is 0 Å². The fourth-order valence-electron chi connectivity index (χ4n) is 1.33. The van der Waals surface area contributed by atoms with E-state index in [1.807, 2.05) is 12.2 Å².